The first-order valence-corrected chi connectivity index (χ1v) is 7.78. The van der Waals surface area contributed by atoms with Crippen LogP contribution in [0.25, 0.3) is 0 Å². The van der Waals surface area contributed by atoms with Crippen LogP contribution >= 0.6 is 0 Å². The summed E-state index contributed by atoms with van der Waals surface area (Å²) in [6.45, 7) is 1.47. The lowest BCUT2D eigenvalue weighted by atomic mass is 10.2. The number of nitrogens with one attached hydrogen (secondary N) is 1. The zero-order valence-corrected chi connectivity index (χ0v) is 14.4. The molecule has 0 aliphatic rings. The summed E-state index contributed by atoms with van der Waals surface area (Å²) in [4.78, 5) is 39.8. The molecule has 2 rings (SSSR count). The maximum Gasteiger partial charge on any atom is 0.344 e. The van der Waals surface area contributed by atoms with Crippen LogP contribution in [0.1, 0.15) is 27.6 Å². The third-order valence-corrected chi connectivity index (χ3v) is 3.21. The van der Waals surface area contributed by atoms with E-state index in [0.29, 0.717) is 12.4 Å². The first-order chi connectivity index (χ1) is 12.5. The number of carbonyl (C=O) groups excluding carboxylic acids is 3. The van der Waals surface area contributed by atoms with Crippen molar-refractivity contribution in [2.75, 3.05) is 20.3 Å². The first kappa shape index (κ1) is 18.9. The number of rotatable bonds is 7. The molecular formula is C18H18N2O6. The topological polar surface area (TPSA) is 104 Å². The fourth-order valence-corrected chi connectivity index (χ4v) is 1.98. The standard InChI is InChI=1S/C18H18N2O6/c1-3-25-17-14(5-4-10-19-17)18(23)26-11-15(21)20-16(22)12-6-8-13(24-2)9-7-12/h4-10H,3,11H2,1-2H3,(H,20,21,22). The minimum absolute atomic E-state index is 0.101. The van der Waals surface area contributed by atoms with Gasteiger partial charge < -0.3 is 14.2 Å². The van der Waals surface area contributed by atoms with E-state index in [1.165, 1.54) is 31.5 Å². The molecule has 0 saturated carbocycles. The maximum absolute atomic E-state index is 12.1. The number of ether oxygens (including phenoxy) is 3. The van der Waals surface area contributed by atoms with E-state index >= 15 is 0 Å². The van der Waals surface area contributed by atoms with Crippen molar-refractivity contribution in [2.45, 2.75) is 6.92 Å². The van der Waals surface area contributed by atoms with Crippen molar-refractivity contribution in [2.24, 2.45) is 0 Å². The lowest BCUT2D eigenvalue weighted by Crippen LogP contribution is -2.34. The van der Waals surface area contributed by atoms with Crippen LogP contribution in [-0.2, 0) is 9.53 Å². The number of imide groups is 1. The summed E-state index contributed by atoms with van der Waals surface area (Å²) in [7, 11) is 1.51. The van der Waals surface area contributed by atoms with Gasteiger partial charge >= 0.3 is 5.97 Å². The van der Waals surface area contributed by atoms with E-state index in [1.807, 2.05) is 0 Å². The Balaban J connectivity index is 1.89. The van der Waals surface area contributed by atoms with Gasteiger partial charge in [-0.2, -0.15) is 0 Å². The van der Waals surface area contributed by atoms with E-state index in [4.69, 9.17) is 14.2 Å². The number of hydrogen-bond acceptors (Lipinski definition) is 7. The number of nitrogens with zero attached hydrogens (tertiary/aromatic N) is 1. The summed E-state index contributed by atoms with van der Waals surface area (Å²) in [5.41, 5.74) is 0.375. The molecule has 136 valence electrons. The van der Waals surface area contributed by atoms with E-state index in [9.17, 15) is 14.4 Å². The minimum Gasteiger partial charge on any atom is -0.497 e. The predicted octanol–water partition coefficient (Wildman–Crippen LogP) is 1.60. The zero-order chi connectivity index (χ0) is 18.9. The Bertz CT molecular complexity index is 789. The molecule has 2 amide bonds. The molecular weight excluding hydrogens is 340 g/mol. The molecule has 1 aromatic heterocycles. The molecule has 0 saturated heterocycles. The highest BCUT2D eigenvalue weighted by Crippen LogP contribution is 2.15. The zero-order valence-electron chi connectivity index (χ0n) is 14.4. The lowest BCUT2D eigenvalue weighted by Gasteiger charge is -2.09. The molecule has 8 heteroatoms. The van der Waals surface area contributed by atoms with Crippen molar-refractivity contribution in [3.05, 3.63) is 53.7 Å². The molecule has 1 heterocycles. The van der Waals surface area contributed by atoms with Gasteiger partial charge in [0.05, 0.1) is 13.7 Å². The molecule has 0 atom stereocenters. The molecule has 2 aromatic rings. The van der Waals surface area contributed by atoms with E-state index in [1.54, 1.807) is 25.1 Å². The molecule has 0 radical (unpaired) electrons. The number of carbonyl (C=O) groups is 3. The van der Waals surface area contributed by atoms with Crippen LogP contribution < -0.4 is 14.8 Å². The number of esters is 1. The second-order valence-corrected chi connectivity index (χ2v) is 4.97. The van der Waals surface area contributed by atoms with E-state index in [0.717, 1.165) is 0 Å². The molecule has 0 aliphatic carbocycles. The molecule has 1 aromatic carbocycles. The summed E-state index contributed by atoms with van der Waals surface area (Å²) in [5, 5.41) is 2.14. The van der Waals surface area contributed by atoms with Crippen LogP contribution in [0.4, 0.5) is 0 Å². The van der Waals surface area contributed by atoms with Crippen LogP contribution in [0.2, 0.25) is 0 Å². The highest BCUT2D eigenvalue weighted by atomic mass is 16.5. The van der Waals surface area contributed by atoms with Gasteiger partial charge in [0, 0.05) is 11.8 Å². The molecule has 0 unspecified atom stereocenters. The summed E-state index contributed by atoms with van der Waals surface area (Å²) in [5.74, 6) is -1.42. The summed E-state index contributed by atoms with van der Waals surface area (Å²) < 4.78 is 15.1. The van der Waals surface area contributed by atoms with E-state index in [-0.39, 0.29) is 17.0 Å². The van der Waals surface area contributed by atoms with Crippen molar-refractivity contribution < 1.29 is 28.6 Å². The Labute approximate surface area is 150 Å². The second kappa shape index (κ2) is 9.16. The van der Waals surface area contributed by atoms with Crippen LogP contribution in [0, 0.1) is 0 Å². The number of methoxy groups -OCH3 is 1. The molecule has 8 nitrogen and oxygen atoms in total. The van der Waals surface area contributed by atoms with Gasteiger partial charge in [-0.05, 0) is 43.3 Å². The van der Waals surface area contributed by atoms with Gasteiger partial charge in [-0.3, -0.25) is 14.9 Å². The lowest BCUT2D eigenvalue weighted by molar-refractivity contribution is -0.123. The number of hydrogen-bond donors (Lipinski definition) is 1. The predicted molar refractivity (Wildman–Crippen MR) is 91.2 cm³/mol. The van der Waals surface area contributed by atoms with E-state index in [2.05, 4.69) is 10.3 Å². The van der Waals surface area contributed by atoms with Crippen LogP contribution in [0.15, 0.2) is 42.6 Å². The Morgan fingerprint density at radius 3 is 2.50 bits per heavy atom. The smallest absolute Gasteiger partial charge is 0.344 e. The van der Waals surface area contributed by atoms with Crippen LogP contribution in [0.5, 0.6) is 11.6 Å². The monoisotopic (exact) mass is 358 g/mol. The fraction of sp³-hybridized carbons (Fsp3) is 0.222. The van der Waals surface area contributed by atoms with Crippen molar-refractivity contribution in [1.82, 2.24) is 10.3 Å². The third kappa shape index (κ3) is 5.04. The Morgan fingerprint density at radius 2 is 1.85 bits per heavy atom. The molecule has 26 heavy (non-hydrogen) atoms. The van der Waals surface area contributed by atoms with Gasteiger partial charge in [-0.1, -0.05) is 0 Å². The number of pyridine rings is 1. The van der Waals surface area contributed by atoms with Crippen LogP contribution in [-0.4, -0.2) is 43.1 Å². The van der Waals surface area contributed by atoms with Crippen molar-refractivity contribution in [3.8, 4) is 11.6 Å². The van der Waals surface area contributed by atoms with Crippen molar-refractivity contribution in [3.63, 3.8) is 0 Å². The van der Waals surface area contributed by atoms with Gasteiger partial charge in [0.25, 0.3) is 11.8 Å². The molecule has 0 bridgehead atoms. The van der Waals surface area contributed by atoms with Gasteiger partial charge in [0.2, 0.25) is 5.88 Å². The molecule has 0 spiro atoms. The quantitative estimate of drug-likeness (QED) is 0.750. The third-order valence-electron chi connectivity index (χ3n) is 3.21. The summed E-state index contributed by atoms with van der Waals surface area (Å²) in [6.07, 6.45) is 1.47. The highest BCUT2D eigenvalue weighted by molar-refractivity contribution is 6.05. The number of amides is 2. The Hall–Kier alpha value is -3.42. The second-order valence-electron chi connectivity index (χ2n) is 4.97. The molecule has 1 N–H and O–H groups in total. The van der Waals surface area contributed by atoms with Crippen LogP contribution in [0.3, 0.4) is 0 Å². The van der Waals surface area contributed by atoms with Gasteiger partial charge in [-0.15, -0.1) is 0 Å². The maximum atomic E-state index is 12.1. The SMILES string of the molecule is CCOc1ncccc1C(=O)OCC(=O)NC(=O)c1ccc(OC)cc1. The normalized spacial score (nSPS) is 9.92. The van der Waals surface area contributed by atoms with E-state index < -0.39 is 24.4 Å². The fourth-order valence-electron chi connectivity index (χ4n) is 1.98. The largest absolute Gasteiger partial charge is 0.497 e. The minimum atomic E-state index is -0.770. The Morgan fingerprint density at radius 1 is 1.12 bits per heavy atom. The number of benzene rings is 1. The summed E-state index contributed by atoms with van der Waals surface area (Å²) >= 11 is 0. The van der Waals surface area contributed by atoms with Gasteiger partial charge in [0.15, 0.2) is 6.61 Å². The van der Waals surface area contributed by atoms with Crippen molar-refractivity contribution in [1.29, 1.82) is 0 Å². The summed E-state index contributed by atoms with van der Waals surface area (Å²) in [6, 6.07) is 9.23. The molecule has 0 aliphatic heterocycles. The molecule has 0 fully saturated rings. The Kier molecular flexibility index (Phi) is 6.67. The first-order valence-electron chi connectivity index (χ1n) is 7.78. The highest BCUT2D eigenvalue weighted by Gasteiger charge is 2.17. The van der Waals surface area contributed by atoms with Gasteiger partial charge in [-0.25, -0.2) is 9.78 Å². The average molecular weight is 358 g/mol. The average Bonchev–Trinajstić information content (AvgIpc) is 2.67. The van der Waals surface area contributed by atoms with Gasteiger partial charge in [0.1, 0.15) is 11.3 Å². The number of aromatic nitrogens is 1. The van der Waals surface area contributed by atoms with Crippen molar-refractivity contribution >= 4 is 17.8 Å².